The van der Waals surface area contributed by atoms with Crippen molar-refractivity contribution in [2.75, 3.05) is 20.7 Å². The molecule has 21 heavy (non-hydrogen) atoms. The van der Waals surface area contributed by atoms with E-state index in [1.165, 1.54) is 5.56 Å². The van der Waals surface area contributed by atoms with E-state index >= 15 is 0 Å². The van der Waals surface area contributed by atoms with Crippen molar-refractivity contribution in [1.29, 1.82) is 0 Å². The number of quaternary nitrogens is 1. The van der Waals surface area contributed by atoms with Gasteiger partial charge in [-0.05, 0) is 18.8 Å². The third kappa shape index (κ3) is 4.31. The lowest BCUT2D eigenvalue weighted by atomic mass is 9.75. The highest BCUT2D eigenvalue weighted by molar-refractivity contribution is 5.22. The summed E-state index contributed by atoms with van der Waals surface area (Å²) in [4.78, 5) is 6.19. The molecule has 120 valence electrons. The van der Waals surface area contributed by atoms with Crippen LogP contribution in [0.4, 0.5) is 0 Å². The Balaban J connectivity index is 3.41. The van der Waals surface area contributed by atoms with Crippen molar-refractivity contribution in [1.82, 2.24) is 0 Å². The van der Waals surface area contributed by atoms with E-state index in [9.17, 15) is 0 Å². The quantitative estimate of drug-likeness (QED) is 0.484. The number of nitrogens with zero attached hydrogens (tertiary/aromatic N) is 1. The summed E-state index contributed by atoms with van der Waals surface area (Å²) < 4.78 is 0.587. The van der Waals surface area contributed by atoms with Crippen LogP contribution in [0.3, 0.4) is 0 Å². The first-order valence-electron chi connectivity index (χ1n) is 8.29. The molecule has 0 aromatic heterocycles. The lowest BCUT2D eigenvalue weighted by Gasteiger charge is -2.48. The van der Waals surface area contributed by atoms with E-state index in [1.807, 2.05) is 0 Å². The van der Waals surface area contributed by atoms with Crippen LogP contribution in [0.2, 0.25) is 0 Å². The first-order chi connectivity index (χ1) is 9.75. The molecule has 0 aliphatic rings. The summed E-state index contributed by atoms with van der Waals surface area (Å²) in [5, 5.41) is 0. The third-order valence-corrected chi connectivity index (χ3v) is 4.29. The summed E-state index contributed by atoms with van der Waals surface area (Å²) in [5.41, 5.74) is 1.39. The van der Waals surface area contributed by atoms with Gasteiger partial charge in [-0.25, -0.2) is 4.84 Å². The molecule has 0 unspecified atom stereocenters. The Hall–Kier alpha value is -0.860. The van der Waals surface area contributed by atoms with Crippen LogP contribution >= 0.6 is 0 Å². The SMILES string of the molecule is CCO[N+](C)(C)C(CC(C)C)(CC(C)C)c1ccccc1. The van der Waals surface area contributed by atoms with E-state index in [0.29, 0.717) is 16.5 Å². The van der Waals surface area contributed by atoms with Crippen LogP contribution in [0.1, 0.15) is 53.0 Å². The van der Waals surface area contributed by atoms with Crippen molar-refractivity contribution in [2.24, 2.45) is 11.8 Å². The first-order valence-corrected chi connectivity index (χ1v) is 8.29. The predicted molar refractivity (Wildman–Crippen MR) is 90.8 cm³/mol. The van der Waals surface area contributed by atoms with Gasteiger partial charge in [-0.15, -0.1) is 0 Å². The molecule has 0 radical (unpaired) electrons. The summed E-state index contributed by atoms with van der Waals surface area (Å²) in [5.74, 6) is 1.25. The average molecular weight is 292 g/mol. The van der Waals surface area contributed by atoms with E-state index in [4.69, 9.17) is 4.84 Å². The molecule has 0 saturated carbocycles. The zero-order chi connectivity index (χ0) is 16.1. The smallest absolute Gasteiger partial charge is 0.154 e. The number of rotatable bonds is 8. The fraction of sp³-hybridized carbons (Fsp3) is 0.684. The molecule has 0 amide bonds. The second-order valence-electron chi connectivity index (χ2n) is 7.36. The Bertz CT molecular complexity index is 399. The molecule has 1 aromatic rings. The molecular formula is C19H34NO+. The topological polar surface area (TPSA) is 9.23 Å². The molecule has 0 N–H and O–H groups in total. The minimum Gasteiger partial charge on any atom is -0.203 e. The number of benzene rings is 1. The highest BCUT2D eigenvalue weighted by Gasteiger charge is 2.49. The van der Waals surface area contributed by atoms with Crippen molar-refractivity contribution in [2.45, 2.75) is 53.0 Å². The van der Waals surface area contributed by atoms with E-state index < -0.39 is 0 Å². The second-order valence-corrected chi connectivity index (χ2v) is 7.36. The van der Waals surface area contributed by atoms with E-state index in [1.54, 1.807) is 0 Å². The Kier molecular flexibility index (Phi) is 6.42. The average Bonchev–Trinajstić information content (AvgIpc) is 2.37. The Morgan fingerprint density at radius 3 is 1.81 bits per heavy atom. The minimum atomic E-state index is -0.000394. The van der Waals surface area contributed by atoms with Crippen LogP contribution in [0.25, 0.3) is 0 Å². The molecule has 2 heteroatoms. The van der Waals surface area contributed by atoms with Crippen LogP contribution in [0.5, 0.6) is 0 Å². The summed E-state index contributed by atoms with van der Waals surface area (Å²) in [6.45, 7) is 12.1. The molecule has 0 aliphatic heterocycles. The van der Waals surface area contributed by atoms with Crippen molar-refractivity contribution < 1.29 is 9.48 Å². The molecule has 0 spiro atoms. The highest BCUT2D eigenvalue weighted by Crippen LogP contribution is 2.43. The number of hydrogen-bond donors (Lipinski definition) is 0. The molecule has 0 aliphatic carbocycles. The Morgan fingerprint density at radius 2 is 1.43 bits per heavy atom. The lowest BCUT2D eigenvalue weighted by Crippen LogP contribution is -2.58. The molecule has 0 atom stereocenters. The fourth-order valence-corrected chi connectivity index (χ4v) is 3.62. The summed E-state index contributed by atoms with van der Waals surface area (Å²) in [6, 6.07) is 10.9. The highest BCUT2D eigenvalue weighted by atomic mass is 16.7. The minimum absolute atomic E-state index is 0.000394. The molecule has 0 bridgehead atoms. The molecular weight excluding hydrogens is 258 g/mol. The van der Waals surface area contributed by atoms with E-state index in [0.717, 1.165) is 19.4 Å². The molecule has 1 aromatic carbocycles. The number of hydroxylamine groups is 3. The van der Waals surface area contributed by atoms with Crippen molar-refractivity contribution in [3.05, 3.63) is 35.9 Å². The lowest BCUT2D eigenvalue weighted by molar-refractivity contribution is -1.12. The molecule has 2 nitrogen and oxygen atoms in total. The van der Waals surface area contributed by atoms with Gasteiger partial charge < -0.3 is 0 Å². The maximum absolute atomic E-state index is 6.19. The molecule has 0 fully saturated rings. The van der Waals surface area contributed by atoms with Crippen LogP contribution in [0, 0.1) is 11.8 Å². The van der Waals surface area contributed by atoms with Gasteiger partial charge in [-0.3, -0.25) is 0 Å². The zero-order valence-electron chi connectivity index (χ0n) is 15.0. The van der Waals surface area contributed by atoms with Gasteiger partial charge in [-0.1, -0.05) is 58.0 Å². The van der Waals surface area contributed by atoms with Crippen molar-refractivity contribution in [3.8, 4) is 0 Å². The van der Waals surface area contributed by atoms with Gasteiger partial charge in [-0.2, -0.15) is 4.65 Å². The third-order valence-electron chi connectivity index (χ3n) is 4.29. The van der Waals surface area contributed by atoms with Gasteiger partial charge in [0.05, 0.1) is 14.1 Å². The van der Waals surface area contributed by atoms with Crippen LogP contribution in [0.15, 0.2) is 30.3 Å². The van der Waals surface area contributed by atoms with E-state index in [-0.39, 0.29) is 5.54 Å². The fourth-order valence-electron chi connectivity index (χ4n) is 3.62. The zero-order valence-corrected chi connectivity index (χ0v) is 15.0. The standard InChI is InChI=1S/C19H34NO/c1-8-21-20(6,7)19(14-16(2)3,15-17(4)5)18-12-10-9-11-13-18/h9-13,16-17H,8,14-15H2,1-7H3/q+1. The van der Waals surface area contributed by atoms with Crippen LogP contribution in [-0.2, 0) is 10.4 Å². The Labute approximate surface area is 131 Å². The normalized spacial score (nSPS) is 13.2. The van der Waals surface area contributed by atoms with Crippen molar-refractivity contribution in [3.63, 3.8) is 0 Å². The largest absolute Gasteiger partial charge is 0.203 e. The maximum Gasteiger partial charge on any atom is 0.154 e. The summed E-state index contributed by atoms with van der Waals surface area (Å²) in [7, 11) is 4.42. The van der Waals surface area contributed by atoms with Crippen molar-refractivity contribution >= 4 is 0 Å². The first kappa shape index (κ1) is 18.2. The molecule has 0 saturated heterocycles. The molecule has 1 rings (SSSR count). The summed E-state index contributed by atoms with van der Waals surface area (Å²) in [6.07, 6.45) is 2.25. The maximum atomic E-state index is 6.19. The molecule has 0 heterocycles. The van der Waals surface area contributed by atoms with Gasteiger partial charge in [0.1, 0.15) is 6.61 Å². The van der Waals surface area contributed by atoms with Gasteiger partial charge in [0, 0.05) is 18.4 Å². The summed E-state index contributed by atoms with van der Waals surface area (Å²) >= 11 is 0. The number of hydrogen-bond acceptors (Lipinski definition) is 1. The second kappa shape index (κ2) is 7.42. The van der Waals surface area contributed by atoms with Crippen LogP contribution in [-0.4, -0.2) is 25.3 Å². The Morgan fingerprint density at radius 1 is 0.952 bits per heavy atom. The van der Waals surface area contributed by atoms with Gasteiger partial charge >= 0.3 is 0 Å². The predicted octanol–water partition coefficient (Wildman–Crippen LogP) is 5.00. The van der Waals surface area contributed by atoms with Gasteiger partial charge in [0.15, 0.2) is 5.54 Å². The van der Waals surface area contributed by atoms with Gasteiger partial charge in [0.2, 0.25) is 0 Å². The van der Waals surface area contributed by atoms with Crippen LogP contribution < -0.4 is 0 Å². The van der Waals surface area contributed by atoms with E-state index in [2.05, 4.69) is 79.0 Å². The van der Waals surface area contributed by atoms with Gasteiger partial charge in [0.25, 0.3) is 0 Å². The monoisotopic (exact) mass is 292 g/mol.